The molecule has 1 aromatic rings. The summed E-state index contributed by atoms with van der Waals surface area (Å²) in [7, 11) is 0. The maximum absolute atomic E-state index is 10.3. The summed E-state index contributed by atoms with van der Waals surface area (Å²) in [6, 6.07) is 7.55. The molecule has 0 aliphatic heterocycles. The number of rotatable bonds is 3. The molecule has 0 saturated heterocycles. The van der Waals surface area contributed by atoms with Crippen molar-refractivity contribution < 1.29 is 34.5 Å². The van der Waals surface area contributed by atoms with E-state index < -0.39 is 30.5 Å². The molecule has 0 amide bonds. The van der Waals surface area contributed by atoms with E-state index in [4.69, 9.17) is 10.8 Å². The van der Waals surface area contributed by atoms with Crippen molar-refractivity contribution >= 4 is 14.7 Å². The van der Waals surface area contributed by atoms with Gasteiger partial charge in [-0.15, -0.1) is 0 Å². The molecule has 0 bridgehead atoms. The normalized spacial score (nSPS) is 9.00. The fraction of sp³-hybridized carbons (Fsp3) is 0.125. The van der Waals surface area contributed by atoms with Gasteiger partial charge in [0.25, 0.3) is 0 Å². The molecule has 4 heteroatoms. The summed E-state index contributed by atoms with van der Waals surface area (Å²) in [4.78, 5) is 10.3. The number of nitrogens with two attached hydrogens (primary N) is 1. The third-order valence-corrected chi connectivity index (χ3v) is 8.32. The van der Waals surface area contributed by atoms with E-state index >= 15 is 0 Å². The Hall–Kier alpha value is -0.575. The zero-order chi connectivity index (χ0) is 8.97. The number of hydrogen-bond donors (Lipinski definition) is 2. The summed E-state index contributed by atoms with van der Waals surface area (Å²) < 4.78 is 1.62. The van der Waals surface area contributed by atoms with E-state index in [-0.39, 0.29) is 0 Å². The van der Waals surface area contributed by atoms with E-state index in [0.29, 0.717) is 3.93 Å². The molecule has 0 aromatic heterocycles. The number of benzene rings is 1. The summed E-state index contributed by atoms with van der Waals surface area (Å²) >= 11 is -1.35. The molecule has 0 atom stereocenters. The molecule has 3 N–H and O–H groups in total. The van der Waals surface area contributed by atoms with Gasteiger partial charge in [-0.1, -0.05) is 0 Å². The first kappa shape index (κ1) is 9.51. The van der Waals surface area contributed by atoms with Gasteiger partial charge in [0, 0.05) is 0 Å². The zero-order valence-corrected chi connectivity index (χ0v) is 12.2. The average molecular weight is 352 g/mol. The Morgan fingerprint density at radius 3 is 2.50 bits per heavy atom. The van der Waals surface area contributed by atoms with Gasteiger partial charge in [0.1, 0.15) is 0 Å². The summed E-state index contributed by atoms with van der Waals surface area (Å²) in [5.74, 6) is -0.673. The molecule has 1 rings (SSSR count). The Labute approximate surface area is 83.0 Å². The van der Waals surface area contributed by atoms with Crippen molar-refractivity contribution in [3.63, 3.8) is 0 Å². The van der Waals surface area contributed by atoms with Gasteiger partial charge >= 0.3 is 83.1 Å². The van der Waals surface area contributed by atoms with Crippen LogP contribution < -0.4 is 8.81 Å². The van der Waals surface area contributed by atoms with Gasteiger partial charge in [0.15, 0.2) is 0 Å². The van der Waals surface area contributed by atoms with Crippen molar-refractivity contribution in [1.29, 1.82) is 0 Å². The van der Waals surface area contributed by atoms with Crippen molar-refractivity contribution in [3.05, 3.63) is 24.3 Å². The van der Waals surface area contributed by atoms with Crippen molar-refractivity contribution in [3.8, 4) is 0 Å². The van der Waals surface area contributed by atoms with Crippen LogP contribution >= 0.6 is 0 Å². The standard InChI is InChI=1S/C6H6N.C2H3O2.Hg/c7-6-4-2-1-3-5-6;1-2(3)4;/h2-5H,7H2;1H2,(H,3,4);. The number of aliphatic carboxylic acids is 1. The van der Waals surface area contributed by atoms with Gasteiger partial charge in [-0.3, -0.25) is 0 Å². The van der Waals surface area contributed by atoms with Gasteiger partial charge in [-0.25, -0.2) is 0 Å². The Balaban J connectivity index is 2.53. The molecule has 0 heterocycles. The van der Waals surface area contributed by atoms with E-state index in [1.165, 1.54) is 3.07 Å². The predicted octanol–water partition coefficient (Wildman–Crippen LogP) is 0.479. The molecular weight excluding hydrogens is 343 g/mol. The molecule has 0 radical (unpaired) electrons. The van der Waals surface area contributed by atoms with Crippen molar-refractivity contribution in [2.24, 2.45) is 0 Å². The summed E-state index contributed by atoms with van der Waals surface area (Å²) in [5, 5.41) is 8.46. The van der Waals surface area contributed by atoms with Crippen LogP contribution in [-0.2, 0) is 29.4 Å². The second kappa shape index (κ2) is 4.45. The quantitative estimate of drug-likeness (QED) is 0.615. The van der Waals surface area contributed by atoms with E-state index in [1.807, 2.05) is 24.3 Å². The van der Waals surface area contributed by atoms with Crippen LogP contribution in [0.5, 0.6) is 0 Å². The number of hydrogen-bond acceptors (Lipinski definition) is 2. The Morgan fingerprint density at radius 2 is 2.00 bits per heavy atom. The SMILES string of the molecule is Nc1cc[c]([Hg][CH2]C(=O)O)cc1. The second-order valence-electron chi connectivity index (χ2n) is 2.64. The Morgan fingerprint density at radius 1 is 1.42 bits per heavy atom. The van der Waals surface area contributed by atoms with Gasteiger partial charge in [-0.2, -0.15) is 0 Å². The zero-order valence-electron chi connectivity index (χ0n) is 6.66. The topological polar surface area (TPSA) is 63.3 Å². The minimum atomic E-state index is -1.35. The van der Waals surface area contributed by atoms with Crippen molar-refractivity contribution in [1.82, 2.24) is 0 Å². The number of carboxylic acids is 1. The van der Waals surface area contributed by atoms with Crippen LogP contribution in [0.2, 0.25) is 3.93 Å². The molecule has 0 aliphatic rings. The molecule has 12 heavy (non-hydrogen) atoms. The fourth-order valence-corrected chi connectivity index (χ4v) is 5.10. The third-order valence-electron chi connectivity index (χ3n) is 1.61. The third kappa shape index (κ3) is 3.22. The summed E-state index contributed by atoms with van der Waals surface area (Å²) in [5.41, 5.74) is 6.23. The molecule has 0 fully saturated rings. The molecule has 0 unspecified atom stereocenters. The van der Waals surface area contributed by atoms with Gasteiger partial charge in [0.05, 0.1) is 0 Å². The van der Waals surface area contributed by atoms with E-state index in [1.54, 1.807) is 0 Å². The van der Waals surface area contributed by atoms with E-state index in [0.717, 1.165) is 5.69 Å². The molecule has 60 valence electrons. The van der Waals surface area contributed by atoms with Crippen LogP contribution in [0.3, 0.4) is 0 Å². The molecular formula is C8H9HgNO2. The summed E-state index contributed by atoms with van der Waals surface area (Å²) in [6.07, 6.45) is 0. The van der Waals surface area contributed by atoms with Gasteiger partial charge in [-0.05, 0) is 0 Å². The molecule has 0 spiro atoms. The average Bonchev–Trinajstić information content (AvgIpc) is 2.03. The van der Waals surface area contributed by atoms with Crippen LogP contribution in [0.25, 0.3) is 0 Å². The number of carbonyl (C=O) groups is 1. The maximum atomic E-state index is 10.3. The van der Waals surface area contributed by atoms with Crippen LogP contribution in [0.15, 0.2) is 24.3 Å². The number of nitrogen functional groups attached to an aromatic ring is 1. The van der Waals surface area contributed by atoms with Gasteiger partial charge in [0.2, 0.25) is 0 Å². The predicted molar refractivity (Wildman–Crippen MR) is 42.9 cm³/mol. The monoisotopic (exact) mass is 353 g/mol. The molecule has 0 aliphatic carbocycles. The Bertz CT molecular complexity index is 271. The Kier molecular flexibility index (Phi) is 3.53. The van der Waals surface area contributed by atoms with Crippen LogP contribution in [0.1, 0.15) is 0 Å². The van der Waals surface area contributed by atoms with Crippen molar-refractivity contribution in [2.45, 2.75) is 3.93 Å². The second-order valence-corrected chi connectivity index (χ2v) is 9.70. The fourth-order valence-electron chi connectivity index (χ4n) is 0.936. The number of anilines is 1. The summed E-state index contributed by atoms with van der Waals surface area (Å²) in [6.45, 7) is 0. The van der Waals surface area contributed by atoms with Gasteiger partial charge < -0.3 is 0 Å². The van der Waals surface area contributed by atoms with Crippen LogP contribution in [0.4, 0.5) is 5.69 Å². The van der Waals surface area contributed by atoms with Crippen LogP contribution in [-0.4, -0.2) is 11.1 Å². The van der Waals surface area contributed by atoms with Crippen LogP contribution in [0, 0.1) is 0 Å². The van der Waals surface area contributed by atoms with Crippen molar-refractivity contribution in [2.75, 3.05) is 5.73 Å². The first-order chi connectivity index (χ1) is 5.68. The van der Waals surface area contributed by atoms with E-state index in [9.17, 15) is 4.79 Å². The molecule has 3 nitrogen and oxygen atoms in total. The minimum absolute atomic E-state index is 0.393. The first-order valence-electron chi connectivity index (χ1n) is 3.74. The number of carboxylic acid groups (broad SMARTS) is 1. The van der Waals surface area contributed by atoms with E-state index in [2.05, 4.69) is 0 Å². The molecule has 1 aromatic carbocycles. The first-order valence-corrected chi connectivity index (χ1v) is 10.4. The molecule has 0 saturated carbocycles.